The number of rotatable bonds is 4. The Morgan fingerprint density at radius 2 is 2.00 bits per heavy atom. The topological polar surface area (TPSA) is 72.9 Å². The van der Waals surface area contributed by atoms with Crippen LogP contribution in [-0.2, 0) is 19.1 Å². The Morgan fingerprint density at radius 1 is 1.27 bits per heavy atom. The molecule has 2 fully saturated rings. The SMILES string of the molecule is CC/C(=C\OC)C(=O)[C@H]1C(=O)CC[C@@H]2CC[C@H]1N2C(=O)OC. The van der Waals surface area contributed by atoms with Gasteiger partial charge in [-0.2, -0.15) is 0 Å². The molecule has 2 aliphatic heterocycles. The van der Waals surface area contributed by atoms with Crippen molar-refractivity contribution < 1.29 is 23.9 Å². The molecule has 2 aliphatic rings. The Morgan fingerprint density at radius 3 is 2.59 bits per heavy atom. The molecule has 0 N–H and O–H groups in total. The number of Topliss-reactive ketones (excluding diaryl/α,β-unsaturated/α-hetero) is 2. The Balaban J connectivity index is 2.35. The van der Waals surface area contributed by atoms with Crippen LogP contribution in [0.3, 0.4) is 0 Å². The van der Waals surface area contributed by atoms with Crippen LogP contribution in [0.4, 0.5) is 4.79 Å². The van der Waals surface area contributed by atoms with Crippen molar-refractivity contribution in [3.05, 3.63) is 11.8 Å². The lowest BCUT2D eigenvalue weighted by Crippen LogP contribution is -2.46. The monoisotopic (exact) mass is 309 g/mol. The molecule has 3 atom stereocenters. The Kier molecular flexibility index (Phi) is 5.21. The number of fused-ring (bicyclic) bond motifs is 2. The maximum Gasteiger partial charge on any atom is 0.410 e. The molecule has 0 aromatic rings. The third-order valence-electron chi connectivity index (χ3n) is 4.63. The fourth-order valence-corrected chi connectivity index (χ4v) is 3.57. The van der Waals surface area contributed by atoms with Crippen LogP contribution in [0.15, 0.2) is 11.8 Å². The smallest absolute Gasteiger partial charge is 0.410 e. The second-order valence-electron chi connectivity index (χ2n) is 5.76. The van der Waals surface area contributed by atoms with E-state index in [2.05, 4.69) is 0 Å². The van der Waals surface area contributed by atoms with Crippen LogP contribution in [-0.4, -0.2) is 48.9 Å². The quantitative estimate of drug-likeness (QED) is 0.451. The van der Waals surface area contributed by atoms with Gasteiger partial charge in [-0.25, -0.2) is 4.79 Å². The largest absolute Gasteiger partial charge is 0.504 e. The number of carbonyl (C=O) groups excluding carboxylic acids is 3. The van der Waals surface area contributed by atoms with Crippen molar-refractivity contribution in [2.45, 2.75) is 51.1 Å². The normalized spacial score (nSPS) is 28.3. The van der Waals surface area contributed by atoms with Crippen molar-refractivity contribution in [3.8, 4) is 0 Å². The summed E-state index contributed by atoms with van der Waals surface area (Å²) in [5.41, 5.74) is 0.482. The van der Waals surface area contributed by atoms with Gasteiger partial charge in [0.1, 0.15) is 11.7 Å². The molecule has 1 amide bonds. The second kappa shape index (κ2) is 6.94. The van der Waals surface area contributed by atoms with E-state index < -0.39 is 18.1 Å². The minimum Gasteiger partial charge on any atom is -0.504 e. The molecule has 0 aromatic carbocycles. The fraction of sp³-hybridized carbons (Fsp3) is 0.688. The van der Waals surface area contributed by atoms with Gasteiger partial charge < -0.3 is 14.4 Å². The molecular formula is C16H23NO5. The Labute approximate surface area is 130 Å². The predicted molar refractivity (Wildman–Crippen MR) is 79.2 cm³/mol. The molecule has 0 spiro atoms. The first-order chi connectivity index (χ1) is 10.5. The lowest BCUT2D eigenvalue weighted by molar-refractivity contribution is -0.132. The number of ether oxygens (including phenoxy) is 2. The summed E-state index contributed by atoms with van der Waals surface area (Å²) in [7, 11) is 2.80. The van der Waals surface area contributed by atoms with Gasteiger partial charge in [0.15, 0.2) is 5.78 Å². The number of carbonyl (C=O) groups is 3. The van der Waals surface area contributed by atoms with Gasteiger partial charge >= 0.3 is 6.09 Å². The van der Waals surface area contributed by atoms with Crippen LogP contribution in [0.2, 0.25) is 0 Å². The summed E-state index contributed by atoms with van der Waals surface area (Å²) in [4.78, 5) is 38.9. The van der Waals surface area contributed by atoms with Gasteiger partial charge in [0.25, 0.3) is 0 Å². The van der Waals surface area contributed by atoms with E-state index in [4.69, 9.17) is 9.47 Å². The lowest BCUT2D eigenvalue weighted by Gasteiger charge is -2.30. The van der Waals surface area contributed by atoms with Crippen molar-refractivity contribution in [1.82, 2.24) is 4.90 Å². The van der Waals surface area contributed by atoms with Gasteiger partial charge in [-0.15, -0.1) is 0 Å². The highest BCUT2D eigenvalue weighted by molar-refractivity contribution is 6.11. The summed E-state index contributed by atoms with van der Waals surface area (Å²) < 4.78 is 9.80. The molecule has 0 radical (unpaired) electrons. The van der Waals surface area contributed by atoms with Gasteiger partial charge in [-0.05, 0) is 25.7 Å². The summed E-state index contributed by atoms with van der Waals surface area (Å²) in [5.74, 6) is -1.11. The highest BCUT2D eigenvalue weighted by atomic mass is 16.5. The molecule has 0 unspecified atom stereocenters. The zero-order valence-electron chi connectivity index (χ0n) is 13.3. The minimum absolute atomic E-state index is 0.00400. The first-order valence-corrected chi connectivity index (χ1v) is 7.70. The van der Waals surface area contributed by atoms with E-state index in [1.807, 2.05) is 6.92 Å². The van der Waals surface area contributed by atoms with E-state index >= 15 is 0 Å². The molecule has 22 heavy (non-hydrogen) atoms. The van der Waals surface area contributed by atoms with Crippen molar-refractivity contribution in [2.24, 2.45) is 5.92 Å². The zero-order valence-corrected chi connectivity index (χ0v) is 13.3. The molecule has 2 bridgehead atoms. The summed E-state index contributed by atoms with van der Waals surface area (Å²) in [5, 5.41) is 0. The minimum atomic E-state index is -0.798. The van der Waals surface area contributed by atoms with E-state index in [1.165, 1.54) is 20.5 Å². The van der Waals surface area contributed by atoms with Gasteiger partial charge in [0.2, 0.25) is 0 Å². The molecule has 0 aliphatic carbocycles. The number of hydrogen-bond acceptors (Lipinski definition) is 5. The third kappa shape index (κ3) is 2.87. The van der Waals surface area contributed by atoms with Crippen molar-refractivity contribution in [3.63, 3.8) is 0 Å². The highest BCUT2D eigenvalue weighted by Gasteiger charge is 2.49. The van der Waals surface area contributed by atoms with E-state index in [0.717, 1.165) is 6.42 Å². The molecule has 0 aromatic heterocycles. The van der Waals surface area contributed by atoms with E-state index in [0.29, 0.717) is 31.3 Å². The summed E-state index contributed by atoms with van der Waals surface area (Å²) in [6, 6.07) is -0.401. The fourth-order valence-electron chi connectivity index (χ4n) is 3.57. The third-order valence-corrected chi connectivity index (χ3v) is 4.63. The van der Waals surface area contributed by atoms with Crippen LogP contribution >= 0.6 is 0 Å². The van der Waals surface area contributed by atoms with Crippen LogP contribution in [0, 0.1) is 5.92 Å². The predicted octanol–water partition coefficient (Wildman–Crippen LogP) is 2.07. The second-order valence-corrected chi connectivity index (χ2v) is 5.76. The summed E-state index contributed by atoms with van der Waals surface area (Å²) in [6.45, 7) is 1.85. The number of nitrogens with zero attached hydrogens (tertiary/aromatic N) is 1. The maximum atomic E-state index is 12.8. The van der Waals surface area contributed by atoms with E-state index in [-0.39, 0.29) is 17.6 Å². The number of hydrogen-bond donors (Lipinski definition) is 0. The van der Waals surface area contributed by atoms with E-state index in [1.54, 1.807) is 4.90 Å². The molecule has 6 heteroatoms. The maximum absolute atomic E-state index is 12.8. The van der Waals surface area contributed by atoms with Crippen LogP contribution in [0.5, 0.6) is 0 Å². The number of amides is 1. The average Bonchev–Trinajstić information content (AvgIpc) is 2.86. The van der Waals surface area contributed by atoms with Gasteiger partial charge in [0.05, 0.1) is 26.5 Å². The molecule has 0 saturated carbocycles. The van der Waals surface area contributed by atoms with Crippen LogP contribution < -0.4 is 0 Å². The standard InChI is InChI=1S/C16H23NO5/c1-4-10(9-21-2)15(19)14-12-7-5-11(6-8-13(14)18)17(12)16(20)22-3/h9,11-12,14H,4-8H2,1-3H3/b10-9+/t11-,12+,14+/m0/s1. The van der Waals surface area contributed by atoms with Crippen LogP contribution in [0.25, 0.3) is 0 Å². The lowest BCUT2D eigenvalue weighted by atomic mass is 9.83. The van der Waals surface area contributed by atoms with Gasteiger partial charge in [-0.1, -0.05) is 6.92 Å². The Hall–Kier alpha value is -1.85. The molecule has 2 saturated heterocycles. The first kappa shape index (κ1) is 16.5. The van der Waals surface area contributed by atoms with Gasteiger partial charge in [0, 0.05) is 18.0 Å². The number of allylic oxidation sites excluding steroid dienone is 1. The first-order valence-electron chi connectivity index (χ1n) is 7.70. The number of methoxy groups -OCH3 is 2. The highest BCUT2D eigenvalue weighted by Crippen LogP contribution is 2.38. The Bertz CT molecular complexity index is 499. The van der Waals surface area contributed by atoms with Crippen molar-refractivity contribution in [2.75, 3.05) is 14.2 Å². The molecule has 2 heterocycles. The van der Waals surface area contributed by atoms with Crippen molar-refractivity contribution >= 4 is 17.7 Å². The van der Waals surface area contributed by atoms with Gasteiger partial charge in [-0.3, -0.25) is 9.59 Å². The van der Waals surface area contributed by atoms with E-state index in [9.17, 15) is 14.4 Å². The van der Waals surface area contributed by atoms with Crippen LogP contribution in [0.1, 0.15) is 39.0 Å². The zero-order chi connectivity index (χ0) is 16.3. The summed E-state index contributed by atoms with van der Waals surface area (Å²) in [6.07, 6.45) is 3.84. The molecule has 122 valence electrons. The molecule has 6 nitrogen and oxygen atoms in total. The molecular weight excluding hydrogens is 286 g/mol. The van der Waals surface area contributed by atoms with Crippen molar-refractivity contribution in [1.29, 1.82) is 0 Å². The molecule has 2 rings (SSSR count). The number of ketones is 2. The summed E-state index contributed by atoms with van der Waals surface area (Å²) >= 11 is 0. The average molecular weight is 309 g/mol.